The molecule has 0 radical (unpaired) electrons. The van der Waals surface area contributed by atoms with Crippen LogP contribution >= 0.6 is 11.3 Å². The number of non-ortho nitro benzene ring substituents is 1. The first-order valence-corrected chi connectivity index (χ1v) is 7.35. The molecular weight excluding hydrogens is 262 g/mol. The fourth-order valence-corrected chi connectivity index (χ4v) is 3.44. The molecule has 0 saturated heterocycles. The molecule has 19 heavy (non-hydrogen) atoms. The van der Waals surface area contributed by atoms with Crippen molar-refractivity contribution < 1.29 is 4.92 Å². The van der Waals surface area contributed by atoms with Crippen molar-refractivity contribution in [1.82, 2.24) is 4.98 Å². The molecule has 5 nitrogen and oxygen atoms in total. The highest BCUT2D eigenvalue weighted by molar-refractivity contribution is 7.22. The predicted molar refractivity (Wildman–Crippen MR) is 76.8 cm³/mol. The van der Waals surface area contributed by atoms with Gasteiger partial charge in [0.2, 0.25) is 0 Å². The fourth-order valence-electron chi connectivity index (χ4n) is 2.51. The Morgan fingerprint density at radius 1 is 1.32 bits per heavy atom. The van der Waals surface area contributed by atoms with E-state index in [9.17, 15) is 10.1 Å². The first-order valence-electron chi connectivity index (χ1n) is 6.54. The number of anilines is 1. The SMILES string of the molecule is O=[N+]([O-])c1ccc2sc(NC3CCCCC3)nc2c1. The summed E-state index contributed by atoms with van der Waals surface area (Å²) in [6.45, 7) is 0. The molecule has 1 heterocycles. The van der Waals surface area contributed by atoms with Crippen molar-refractivity contribution in [3.05, 3.63) is 28.3 Å². The van der Waals surface area contributed by atoms with Gasteiger partial charge in [0.1, 0.15) is 0 Å². The second-order valence-electron chi connectivity index (χ2n) is 4.91. The first-order chi connectivity index (χ1) is 9.22. The Morgan fingerprint density at radius 2 is 2.11 bits per heavy atom. The van der Waals surface area contributed by atoms with E-state index in [2.05, 4.69) is 10.3 Å². The largest absolute Gasteiger partial charge is 0.359 e. The number of nitro groups is 1. The van der Waals surface area contributed by atoms with Gasteiger partial charge in [-0.05, 0) is 18.9 Å². The van der Waals surface area contributed by atoms with Crippen molar-refractivity contribution >= 4 is 32.4 Å². The maximum atomic E-state index is 10.7. The third kappa shape index (κ3) is 2.68. The summed E-state index contributed by atoms with van der Waals surface area (Å²) in [5.74, 6) is 0. The molecule has 0 amide bonds. The van der Waals surface area contributed by atoms with Gasteiger partial charge in [-0.1, -0.05) is 30.6 Å². The highest BCUT2D eigenvalue weighted by atomic mass is 32.1. The van der Waals surface area contributed by atoms with Crippen molar-refractivity contribution in [2.24, 2.45) is 0 Å². The number of nitrogens with zero attached hydrogens (tertiary/aromatic N) is 2. The van der Waals surface area contributed by atoms with Gasteiger partial charge in [0.25, 0.3) is 5.69 Å². The fraction of sp³-hybridized carbons (Fsp3) is 0.462. The average Bonchev–Trinajstić information content (AvgIpc) is 2.80. The molecule has 100 valence electrons. The van der Waals surface area contributed by atoms with Gasteiger partial charge in [-0.15, -0.1) is 0 Å². The molecule has 0 spiro atoms. The normalized spacial score (nSPS) is 16.6. The summed E-state index contributed by atoms with van der Waals surface area (Å²) < 4.78 is 0.990. The van der Waals surface area contributed by atoms with E-state index < -0.39 is 0 Å². The molecule has 0 aliphatic heterocycles. The topological polar surface area (TPSA) is 68.1 Å². The Labute approximate surface area is 114 Å². The standard InChI is InChI=1S/C13H15N3O2S/c17-16(18)10-6-7-12-11(8-10)15-13(19-12)14-9-4-2-1-3-5-9/h6-9H,1-5H2,(H,14,15). The number of benzene rings is 1. The van der Waals surface area contributed by atoms with E-state index in [-0.39, 0.29) is 10.6 Å². The minimum atomic E-state index is -0.382. The lowest BCUT2D eigenvalue weighted by atomic mass is 9.96. The van der Waals surface area contributed by atoms with E-state index in [4.69, 9.17) is 0 Å². The van der Waals surface area contributed by atoms with Gasteiger partial charge in [0.05, 0.1) is 15.1 Å². The van der Waals surface area contributed by atoms with Crippen LogP contribution in [0.1, 0.15) is 32.1 Å². The predicted octanol–water partition coefficient (Wildman–Crippen LogP) is 3.95. The lowest BCUT2D eigenvalue weighted by Crippen LogP contribution is -2.21. The number of hydrogen-bond donors (Lipinski definition) is 1. The smallest absolute Gasteiger partial charge is 0.271 e. The summed E-state index contributed by atoms with van der Waals surface area (Å²) >= 11 is 1.57. The number of aromatic nitrogens is 1. The number of hydrogen-bond acceptors (Lipinski definition) is 5. The van der Waals surface area contributed by atoms with Crippen LogP contribution in [0.4, 0.5) is 10.8 Å². The molecule has 6 heteroatoms. The van der Waals surface area contributed by atoms with E-state index in [1.807, 2.05) is 0 Å². The van der Waals surface area contributed by atoms with Crippen molar-refractivity contribution in [3.63, 3.8) is 0 Å². The average molecular weight is 277 g/mol. The van der Waals surface area contributed by atoms with E-state index in [0.717, 1.165) is 9.83 Å². The van der Waals surface area contributed by atoms with Crippen LogP contribution in [0, 0.1) is 10.1 Å². The number of rotatable bonds is 3. The maximum Gasteiger partial charge on any atom is 0.271 e. The minimum absolute atomic E-state index is 0.0991. The lowest BCUT2D eigenvalue weighted by molar-refractivity contribution is -0.384. The maximum absolute atomic E-state index is 10.7. The second-order valence-corrected chi connectivity index (χ2v) is 5.94. The highest BCUT2D eigenvalue weighted by Crippen LogP contribution is 2.30. The molecule has 2 aromatic rings. The zero-order valence-corrected chi connectivity index (χ0v) is 11.3. The van der Waals surface area contributed by atoms with Gasteiger partial charge in [-0.3, -0.25) is 10.1 Å². The van der Waals surface area contributed by atoms with Crippen molar-refractivity contribution in [3.8, 4) is 0 Å². The van der Waals surface area contributed by atoms with E-state index >= 15 is 0 Å². The van der Waals surface area contributed by atoms with Crippen LogP contribution in [0.3, 0.4) is 0 Å². The van der Waals surface area contributed by atoms with Crippen LogP contribution in [-0.4, -0.2) is 15.9 Å². The number of nitro benzene ring substituents is 1. The summed E-state index contributed by atoms with van der Waals surface area (Å²) in [4.78, 5) is 14.8. The zero-order valence-electron chi connectivity index (χ0n) is 10.5. The van der Waals surface area contributed by atoms with Crippen LogP contribution in [0.2, 0.25) is 0 Å². The van der Waals surface area contributed by atoms with Gasteiger partial charge < -0.3 is 5.32 Å². The molecule has 1 N–H and O–H groups in total. The molecule has 0 atom stereocenters. The van der Waals surface area contributed by atoms with Gasteiger partial charge >= 0.3 is 0 Å². The number of fused-ring (bicyclic) bond motifs is 1. The Kier molecular flexibility index (Phi) is 3.33. The molecule has 1 fully saturated rings. The Morgan fingerprint density at radius 3 is 2.84 bits per heavy atom. The zero-order chi connectivity index (χ0) is 13.2. The molecule has 0 unspecified atom stereocenters. The van der Waals surface area contributed by atoms with E-state index in [1.54, 1.807) is 17.4 Å². The highest BCUT2D eigenvalue weighted by Gasteiger charge is 2.15. The van der Waals surface area contributed by atoms with Gasteiger partial charge in [0.15, 0.2) is 5.13 Å². The molecular formula is C13H15N3O2S. The molecule has 1 aliphatic rings. The first kappa shape index (κ1) is 12.3. The summed E-state index contributed by atoms with van der Waals surface area (Å²) in [6, 6.07) is 5.35. The molecule has 0 bridgehead atoms. The van der Waals surface area contributed by atoms with Gasteiger partial charge in [-0.25, -0.2) is 4.98 Å². The molecule has 1 saturated carbocycles. The Hall–Kier alpha value is -1.69. The monoisotopic (exact) mass is 277 g/mol. The number of thiazole rings is 1. The summed E-state index contributed by atoms with van der Waals surface area (Å²) in [7, 11) is 0. The summed E-state index contributed by atoms with van der Waals surface area (Å²) in [5, 5.41) is 15.1. The quantitative estimate of drug-likeness (QED) is 0.681. The molecule has 1 aliphatic carbocycles. The number of nitrogens with one attached hydrogen (secondary N) is 1. The summed E-state index contributed by atoms with van der Waals surface area (Å²) in [6.07, 6.45) is 6.25. The van der Waals surface area contributed by atoms with E-state index in [0.29, 0.717) is 11.6 Å². The second kappa shape index (κ2) is 5.13. The molecule has 1 aromatic heterocycles. The van der Waals surface area contributed by atoms with Crippen LogP contribution in [-0.2, 0) is 0 Å². The summed E-state index contributed by atoms with van der Waals surface area (Å²) in [5.41, 5.74) is 0.805. The lowest BCUT2D eigenvalue weighted by Gasteiger charge is -2.22. The van der Waals surface area contributed by atoms with Gasteiger partial charge in [-0.2, -0.15) is 0 Å². The van der Waals surface area contributed by atoms with Crippen molar-refractivity contribution in [2.75, 3.05) is 5.32 Å². The van der Waals surface area contributed by atoms with Crippen molar-refractivity contribution in [1.29, 1.82) is 0 Å². The van der Waals surface area contributed by atoms with Crippen LogP contribution in [0.15, 0.2) is 18.2 Å². The third-order valence-electron chi connectivity index (χ3n) is 3.51. The minimum Gasteiger partial charge on any atom is -0.359 e. The third-order valence-corrected chi connectivity index (χ3v) is 4.48. The van der Waals surface area contributed by atoms with Gasteiger partial charge in [0, 0.05) is 18.2 Å². The molecule has 3 rings (SSSR count). The van der Waals surface area contributed by atoms with Crippen LogP contribution < -0.4 is 5.32 Å². The Bertz CT molecular complexity index is 605. The molecule has 1 aromatic carbocycles. The van der Waals surface area contributed by atoms with Crippen LogP contribution in [0.25, 0.3) is 10.2 Å². The Balaban J connectivity index is 1.82. The van der Waals surface area contributed by atoms with E-state index in [1.165, 1.54) is 44.2 Å². The van der Waals surface area contributed by atoms with Crippen molar-refractivity contribution in [2.45, 2.75) is 38.1 Å². The van der Waals surface area contributed by atoms with Crippen LogP contribution in [0.5, 0.6) is 0 Å².